The molecule has 0 bridgehead atoms. The van der Waals surface area contributed by atoms with Crippen LogP contribution >= 0.6 is 11.3 Å². The number of piperazine rings is 1. The summed E-state index contributed by atoms with van der Waals surface area (Å²) < 4.78 is 32.5. The monoisotopic (exact) mass is 452 g/mol. The fraction of sp³-hybridized carbons (Fsp3) is 0.500. The van der Waals surface area contributed by atoms with Gasteiger partial charge in [-0.2, -0.15) is 4.31 Å². The van der Waals surface area contributed by atoms with Gasteiger partial charge >= 0.3 is 0 Å². The van der Waals surface area contributed by atoms with Crippen LogP contribution in [0.2, 0.25) is 0 Å². The summed E-state index contributed by atoms with van der Waals surface area (Å²) in [4.78, 5) is 18.2. The van der Waals surface area contributed by atoms with Crippen molar-refractivity contribution in [1.82, 2.24) is 19.3 Å². The highest BCUT2D eigenvalue weighted by Crippen LogP contribution is 2.25. The van der Waals surface area contributed by atoms with E-state index in [1.54, 1.807) is 36.2 Å². The number of nitrogens with zero attached hydrogens (tertiary/aromatic N) is 4. The third kappa shape index (κ3) is 4.66. The fourth-order valence-corrected chi connectivity index (χ4v) is 6.14. The highest BCUT2D eigenvalue weighted by atomic mass is 32.2. The zero-order valence-electron chi connectivity index (χ0n) is 17.6. The molecule has 0 saturated carbocycles. The van der Waals surface area contributed by atoms with Crippen LogP contribution in [0.3, 0.4) is 0 Å². The minimum absolute atomic E-state index is 0.0188. The van der Waals surface area contributed by atoms with Crippen molar-refractivity contribution < 1.29 is 17.7 Å². The molecule has 0 aliphatic carbocycles. The van der Waals surface area contributed by atoms with Crippen molar-refractivity contribution in [2.45, 2.75) is 38.3 Å². The summed E-state index contributed by atoms with van der Waals surface area (Å²) in [7, 11) is -3.67. The maximum Gasteiger partial charge on any atom is 0.248 e. The van der Waals surface area contributed by atoms with E-state index in [0.717, 1.165) is 4.88 Å². The van der Waals surface area contributed by atoms with Crippen LogP contribution in [-0.2, 0) is 21.4 Å². The molecule has 30 heavy (non-hydrogen) atoms. The van der Waals surface area contributed by atoms with Crippen molar-refractivity contribution in [3.05, 3.63) is 46.5 Å². The normalized spacial score (nSPS) is 17.0. The average molecular weight is 453 g/mol. The van der Waals surface area contributed by atoms with E-state index < -0.39 is 10.0 Å². The summed E-state index contributed by atoms with van der Waals surface area (Å²) in [5, 5.41) is 5.76. The summed E-state index contributed by atoms with van der Waals surface area (Å²) >= 11 is 1.62. The lowest BCUT2D eigenvalue weighted by Crippen LogP contribution is -2.55. The third-order valence-electron chi connectivity index (χ3n) is 5.33. The zero-order valence-corrected chi connectivity index (χ0v) is 19.2. The number of hydrogen-bond acceptors (Lipinski definition) is 7. The first-order valence-corrected chi connectivity index (χ1v) is 12.2. The molecule has 0 aromatic carbocycles. The molecule has 1 aliphatic heterocycles. The highest BCUT2D eigenvalue weighted by Gasteiger charge is 2.35. The average Bonchev–Trinajstić information content (AvgIpc) is 3.36. The van der Waals surface area contributed by atoms with E-state index in [-0.39, 0.29) is 16.8 Å². The number of hydrogen-bond donors (Lipinski definition) is 0. The Balaban J connectivity index is 1.64. The second kappa shape index (κ2) is 9.42. The largest absolute Gasteiger partial charge is 0.360 e. The minimum atomic E-state index is -3.67. The maximum absolute atomic E-state index is 13.1. The molecule has 3 rings (SSSR count). The van der Waals surface area contributed by atoms with Gasteiger partial charge in [0.1, 0.15) is 10.6 Å². The number of aryl methyl sites for hydroxylation is 2. The predicted octanol–water partition coefficient (Wildman–Crippen LogP) is 2.26. The van der Waals surface area contributed by atoms with Crippen LogP contribution in [0.4, 0.5) is 0 Å². The van der Waals surface area contributed by atoms with Crippen LogP contribution in [-0.4, -0.2) is 72.4 Å². The van der Waals surface area contributed by atoms with Crippen LogP contribution < -0.4 is 0 Å². The summed E-state index contributed by atoms with van der Waals surface area (Å²) in [5.41, 5.74) is 0.368. The van der Waals surface area contributed by atoms with Gasteiger partial charge in [0.2, 0.25) is 15.9 Å². The predicted molar refractivity (Wildman–Crippen MR) is 116 cm³/mol. The Bertz CT molecular complexity index is 957. The SMILES string of the molecule is C=CCN(Cc1cccs1)C(=O)C(C)N1CCN(S(=O)(=O)c2c(C)noc2C)CC1. The lowest BCUT2D eigenvalue weighted by atomic mass is 10.2. The molecular weight excluding hydrogens is 424 g/mol. The number of carbonyl (C=O) groups is 1. The van der Waals surface area contributed by atoms with E-state index in [9.17, 15) is 13.2 Å². The standard InChI is InChI=1S/C20H28N4O4S2/c1-5-8-23(14-18-7-6-13-29-18)20(25)16(3)22-9-11-24(12-10-22)30(26,27)19-15(2)21-28-17(19)4/h5-7,13,16H,1,8-12,14H2,2-4H3. The summed E-state index contributed by atoms with van der Waals surface area (Å²) in [6.07, 6.45) is 1.73. The Kier molecular flexibility index (Phi) is 7.12. The van der Waals surface area contributed by atoms with E-state index in [0.29, 0.717) is 50.7 Å². The van der Waals surface area contributed by atoms with Gasteiger partial charge in [0.05, 0.1) is 12.6 Å². The first-order chi connectivity index (χ1) is 14.3. The lowest BCUT2D eigenvalue weighted by Gasteiger charge is -2.38. The molecule has 0 spiro atoms. The number of sulfonamides is 1. The van der Waals surface area contributed by atoms with Gasteiger partial charge in [0.25, 0.3) is 0 Å². The molecule has 0 N–H and O–H groups in total. The summed E-state index contributed by atoms with van der Waals surface area (Å²) in [6, 6.07) is 3.64. The number of amides is 1. The van der Waals surface area contributed by atoms with E-state index >= 15 is 0 Å². The molecule has 1 fully saturated rings. The van der Waals surface area contributed by atoms with Crippen molar-refractivity contribution in [3.8, 4) is 0 Å². The van der Waals surface area contributed by atoms with Crippen LogP contribution in [0, 0.1) is 13.8 Å². The quantitative estimate of drug-likeness (QED) is 0.571. The molecule has 1 saturated heterocycles. The molecule has 2 aromatic heterocycles. The molecule has 10 heteroatoms. The Labute approximate surface area is 181 Å². The number of rotatable bonds is 8. The second-order valence-corrected chi connectivity index (χ2v) is 10.3. The molecule has 2 aromatic rings. The fourth-order valence-electron chi connectivity index (χ4n) is 3.70. The molecule has 0 radical (unpaired) electrons. The van der Waals surface area contributed by atoms with E-state index in [2.05, 4.69) is 11.7 Å². The Hall–Kier alpha value is -2.01. The lowest BCUT2D eigenvalue weighted by molar-refractivity contribution is -0.136. The van der Waals surface area contributed by atoms with Gasteiger partial charge in [-0.1, -0.05) is 17.3 Å². The van der Waals surface area contributed by atoms with Gasteiger partial charge in [0, 0.05) is 37.6 Å². The van der Waals surface area contributed by atoms with Gasteiger partial charge in [-0.05, 0) is 32.2 Å². The number of aromatic nitrogens is 1. The molecule has 1 amide bonds. The third-order valence-corrected chi connectivity index (χ3v) is 8.34. The Morgan fingerprint density at radius 1 is 1.37 bits per heavy atom. The molecule has 164 valence electrons. The maximum atomic E-state index is 13.1. The van der Waals surface area contributed by atoms with Gasteiger partial charge in [-0.3, -0.25) is 9.69 Å². The van der Waals surface area contributed by atoms with Gasteiger partial charge in [-0.15, -0.1) is 17.9 Å². The topological polar surface area (TPSA) is 87.0 Å². The first kappa shape index (κ1) is 22.7. The Morgan fingerprint density at radius 2 is 2.07 bits per heavy atom. The second-order valence-electron chi connectivity index (χ2n) is 7.36. The van der Waals surface area contributed by atoms with Crippen LogP contribution in [0.5, 0.6) is 0 Å². The van der Waals surface area contributed by atoms with Crippen LogP contribution in [0.15, 0.2) is 39.6 Å². The molecular formula is C20H28N4O4S2. The van der Waals surface area contributed by atoms with Gasteiger partial charge in [-0.25, -0.2) is 8.42 Å². The number of thiophene rings is 1. The minimum Gasteiger partial charge on any atom is -0.360 e. The molecule has 8 nitrogen and oxygen atoms in total. The van der Waals surface area contributed by atoms with Crippen molar-refractivity contribution in [2.24, 2.45) is 0 Å². The van der Waals surface area contributed by atoms with Crippen molar-refractivity contribution in [2.75, 3.05) is 32.7 Å². The molecule has 1 aliphatic rings. The van der Waals surface area contributed by atoms with Crippen LogP contribution in [0.1, 0.15) is 23.3 Å². The Morgan fingerprint density at radius 3 is 2.60 bits per heavy atom. The summed E-state index contributed by atoms with van der Waals surface area (Å²) in [5.74, 6) is 0.317. The van der Waals surface area contributed by atoms with E-state index in [4.69, 9.17) is 4.52 Å². The van der Waals surface area contributed by atoms with E-state index in [1.165, 1.54) is 4.31 Å². The highest BCUT2D eigenvalue weighted by molar-refractivity contribution is 7.89. The van der Waals surface area contributed by atoms with Crippen LogP contribution in [0.25, 0.3) is 0 Å². The van der Waals surface area contributed by atoms with Crippen molar-refractivity contribution >= 4 is 27.3 Å². The van der Waals surface area contributed by atoms with E-state index in [1.807, 2.05) is 29.3 Å². The number of carbonyl (C=O) groups excluding carboxylic acids is 1. The molecule has 1 atom stereocenters. The smallest absolute Gasteiger partial charge is 0.248 e. The zero-order chi connectivity index (χ0) is 21.9. The molecule has 1 unspecified atom stereocenters. The molecule has 3 heterocycles. The van der Waals surface area contributed by atoms with Crippen molar-refractivity contribution in [1.29, 1.82) is 0 Å². The first-order valence-electron chi connectivity index (χ1n) is 9.84. The van der Waals surface area contributed by atoms with Crippen molar-refractivity contribution in [3.63, 3.8) is 0 Å². The van der Waals surface area contributed by atoms with Gasteiger partial charge in [0.15, 0.2) is 5.76 Å². The summed E-state index contributed by atoms with van der Waals surface area (Å²) in [6.45, 7) is 11.5. The van der Waals surface area contributed by atoms with Gasteiger partial charge < -0.3 is 9.42 Å².